The minimum absolute atomic E-state index is 0.326. The second kappa shape index (κ2) is 9.82. The Labute approximate surface area is 172 Å². The second-order valence-corrected chi connectivity index (χ2v) is 8.13. The van der Waals surface area contributed by atoms with Crippen LogP contribution in [0.2, 0.25) is 0 Å². The third-order valence-electron chi connectivity index (χ3n) is 6.03. The highest BCUT2D eigenvalue weighted by Gasteiger charge is 2.23. The van der Waals surface area contributed by atoms with Crippen LogP contribution in [0.5, 0.6) is 0 Å². The zero-order valence-electron chi connectivity index (χ0n) is 17.7. The number of piperidine rings is 1. The lowest BCUT2D eigenvalue weighted by molar-refractivity contribution is 0.00673. The predicted molar refractivity (Wildman–Crippen MR) is 108 cm³/mol. The van der Waals surface area contributed by atoms with E-state index in [0.717, 1.165) is 82.5 Å². The van der Waals surface area contributed by atoms with Gasteiger partial charge in [-0.3, -0.25) is 9.58 Å². The van der Waals surface area contributed by atoms with E-state index in [0.29, 0.717) is 25.0 Å². The van der Waals surface area contributed by atoms with Crippen LogP contribution in [0.3, 0.4) is 0 Å². The molecule has 2 aliphatic rings. The van der Waals surface area contributed by atoms with Crippen LogP contribution in [-0.4, -0.2) is 63.8 Å². The van der Waals surface area contributed by atoms with Crippen LogP contribution in [0.1, 0.15) is 61.5 Å². The van der Waals surface area contributed by atoms with E-state index >= 15 is 0 Å². The quantitative estimate of drug-likeness (QED) is 0.670. The Morgan fingerprint density at radius 2 is 1.97 bits per heavy atom. The maximum atomic E-state index is 6.10. The SMILES string of the molecule is CCn1cc(CN2CCC(OCCc3noc(C4CCOCC4)n3)CC2)c(C)n1. The van der Waals surface area contributed by atoms with Gasteiger partial charge in [-0.1, -0.05) is 5.16 Å². The molecule has 0 atom stereocenters. The summed E-state index contributed by atoms with van der Waals surface area (Å²) < 4.78 is 19.0. The molecule has 2 aromatic heterocycles. The minimum atomic E-state index is 0.326. The van der Waals surface area contributed by atoms with Gasteiger partial charge in [0.05, 0.1) is 18.4 Å². The molecule has 8 heteroatoms. The standard InChI is InChI=1S/C21H33N5O3/c1-3-26-15-18(16(2)23-26)14-25-9-4-19(5-10-25)28-13-8-20-22-21(29-24-20)17-6-11-27-12-7-17/h15,17,19H,3-14H2,1-2H3. The van der Waals surface area contributed by atoms with Gasteiger partial charge in [0.1, 0.15) is 0 Å². The van der Waals surface area contributed by atoms with Crippen molar-refractivity contribution in [2.24, 2.45) is 0 Å². The smallest absolute Gasteiger partial charge is 0.229 e. The summed E-state index contributed by atoms with van der Waals surface area (Å²) in [5.74, 6) is 1.87. The van der Waals surface area contributed by atoms with Gasteiger partial charge in [-0.2, -0.15) is 10.1 Å². The van der Waals surface area contributed by atoms with Crippen LogP contribution in [0, 0.1) is 6.92 Å². The zero-order valence-corrected chi connectivity index (χ0v) is 17.7. The van der Waals surface area contributed by atoms with Gasteiger partial charge in [-0.05, 0) is 39.5 Å². The van der Waals surface area contributed by atoms with Gasteiger partial charge in [0, 0.05) is 63.5 Å². The average Bonchev–Trinajstić information content (AvgIpc) is 3.37. The van der Waals surface area contributed by atoms with E-state index in [1.165, 1.54) is 5.56 Å². The summed E-state index contributed by atoms with van der Waals surface area (Å²) >= 11 is 0. The van der Waals surface area contributed by atoms with E-state index in [2.05, 4.69) is 40.2 Å². The first-order valence-electron chi connectivity index (χ1n) is 11.0. The van der Waals surface area contributed by atoms with E-state index in [9.17, 15) is 0 Å². The van der Waals surface area contributed by atoms with E-state index in [1.807, 2.05) is 4.68 Å². The molecular weight excluding hydrogens is 370 g/mol. The second-order valence-electron chi connectivity index (χ2n) is 8.13. The van der Waals surface area contributed by atoms with Crippen molar-refractivity contribution in [3.63, 3.8) is 0 Å². The van der Waals surface area contributed by atoms with E-state index in [1.54, 1.807) is 0 Å². The number of hydrogen-bond donors (Lipinski definition) is 0. The highest BCUT2D eigenvalue weighted by atomic mass is 16.5. The molecule has 0 N–H and O–H groups in total. The highest BCUT2D eigenvalue weighted by Crippen LogP contribution is 2.25. The first-order valence-corrected chi connectivity index (χ1v) is 11.0. The number of likely N-dealkylation sites (tertiary alicyclic amines) is 1. The van der Waals surface area contributed by atoms with Crippen LogP contribution in [0.4, 0.5) is 0 Å². The molecule has 0 radical (unpaired) electrons. The Balaban J connectivity index is 1.16. The molecule has 0 bridgehead atoms. The van der Waals surface area contributed by atoms with Crippen molar-refractivity contribution in [1.82, 2.24) is 24.8 Å². The summed E-state index contributed by atoms with van der Waals surface area (Å²) in [6.07, 6.45) is 7.29. The first kappa shape index (κ1) is 20.5. The molecule has 2 aromatic rings. The van der Waals surface area contributed by atoms with Crippen LogP contribution in [0.25, 0.3) is 0 Å². The monoisotopic (exact) mass is 403 g/mol. The Kier molecular flexibility index (Phi) is 6.94. The summed E-state index contributed by atoms with van der Waals surface area (Å²) in [6, 6.07) is 0. The number of rotatable bonds is 8. The average molecular weight is 404 g/mol. The van der Waals surface area contributed by atoms with Crippen LogP contribution in [0.15, 0.2) is 10.7 Å². The molecule has 29 heavy (non-hydrogen) atoms. The minimum Gasteiger partial charge on any atom is -0.381 e. The largest absolute Gasteiger partial charge is 0.381 e. The fourth-order valence-corrected chi connectivity index (χ4v) is 4.15. The third-order valence-corrected chi connectivity index (χ3v) is 6.03. The van der Waals surface area contributed by atoms with Gasteiger partial charge in [-0.15, -0.1) is 0 Å². The van der Waals surface area contributed by atoms with Crippen molar-refractivity contribution < 1.29 is 14.0 Å². The lowest BCUT2D eigenvalue weighted by Crippen LogP contribution is -2.36. The Morgan fingerprint density at radius 3 is 2.69 bits per heavy atom. The van der Waals surface area contributed by atoms with Gasteiger partial charge in [0.15, 0.2) is 5.82 Å². The molecule has 2 fully saturated rings. The summed E-state index contributed by atoms with van der Waals surface area (Å²) in [6.45, 7) is 10.5. The fourth-order valence-electron chi connectivity index (χ4n) is 4.15. The summed E-state index contributed by atoms with van der Waals surface area (Å²) in [5.41, 5.74) is 2.48. The molecular formula is C21H33N5O3. The molecule has 4 heterocycles. The van der Waals surface area contributed by atoms with E-state index in [4.69, 9.17) is 14.0 Å². The molecule has 0 spiro atoms. The van der Waals surface area contributed by atoms with Crippen molar-refractivity contribution in [2.75, 3.05) is 32.9 Å². The van der Waals surface area contributed by atoms with Gasteiger partial charge < -0.3 is 14.0 Å². The molecule has 0 saturated carbocycles. The van der Waals surface area contributed by atoms with Crippen molar-refractivity contribution in [2.45, 2.75) is 71.1 Å². The fraction of sp³-hybridized carbons (Fsp3) is 0.762. The molecule has 4 rings (SSSR count). The third kappa shape index (κ3) is 5.43. The first-order chi connectivity index (χ1) is 14.2. The van der Waals surface area contributed by atoms with Crippen molar-refractivity contribution in [3.8, 4) is 0 Å². The summed E-state index contributed by atoms with van der Waals surface area (Å²) in [5, 5.41) is 8.68. The lowest BCUT2D eigenvalue weighted by atomic mass is 10.0. The maximum Gasteiger partial charge on any atom is 0.229 e. The zero-order chi connectivity index (χ0) is 20.1. The molecule has 0 unspecified atom stereocenters. The number of nitrogens with zero attached hydrogens (tertiary/aromatic N) is 5. The van der Waals surface area contributed by atoms with Gasteiger partial charge in [0.2, 0.25) is 5.89 Å². The van der Waals surface area contributed by atoms with Crippen molar-refractivity contribution in [3.05, 3.63) is 29.2 Å². The van der Waals surface area contributed by atoms with Crippen LogP contribution >= 0.6 is 0 Å². The Bertz CT molecular complexity index is 760. The molecule has 2 saturated heterocycles. The predicted octanol–water partition coefficient (Wildman–Crippen LogP) is 2.71. The highest BCUT2D eigenvalue weighted by molar-refractivity contribution is 5.15. The Morgan fingerprint density at radius 1 is 1.17 bits per heavy atom. The van der Waals surface area contributed by atoms with Gasteiger partial charge >= 0.3 is 0 Å². The molecule has 8 nitrogen and oxygen atoms in total. The number of aromatic nitrogens is 4. The van der Waals surface area contributed by atoms with Crippen LogP contribution < -0.4 is 0 Å². The normalized spacial score (nSPS) is 19.8. The Hall–Kier alpha value is -1.77. The van der Waals surface area contributed by atoms with Crippen molar-refractivity contribution in [1.29, 1.82) is 0 Å². The van der Waals surface area contributed by atoms with Crippen molar-refractivity contribution >= 4 is 0 Å². The van der Waals surface area contributed by atoms with Gasteiger partial charge in [0.25, 0.3) is 0 Å². The van der Waals surface area contributed by atoms with Crippen LogP contribution in [-0.2, 0) is 29.0 Å². The lowest BCUT2D eigenvalue weighted by Gasteiger charge is -2.31. The maximum absolute atomic E-state index is 6.10. The summed E-state index contributed by atoms with van der Waals surface area (Å²) in [4.78, 5) is 7.07. The number of hydrogen-bond acceptors (Lipinski definition) is 7. The topological polar surface area (TPSA) is 78.4 Å². The molecule has 0 aromatic carbocycles. The summed E-state index contributed by atoms with van der Waals surface area (Å²) in [7, 11) is 0. The molecule has 2 aliphatic heterocycles. The van der Waals surface area contributed by atoms with Gasteiger partial charge in [-0.25, -0.2) is 0 Å². The molecule has 0 aliphatic carbocycles. The molecule has 0 amide bonds. The van der Waals surface area contributed by atoms with E-state index < -0.39 is 0 Å². The number of aryl methyl sites for hydroxylation is 2. The number of ether oxygens (including phenoxy) is 2. The molecule has 160 valence electrons. The van der Waals surface area contributed by atoms with E-state index in [-0.39, 0.29) is 0 Å².